The number of hydrogen-bond donors (Lipinski definition) is 2. The van der Waals surface area contributed by atoms with Gasteiger partial charge in [0.15, 0.2) is 0 Å². The quantitative estimate of drug-likeness (QED) is 0.744. The molecule has 1 aromatic rings. The van der Waals surface area contributed by atoms with Crippen molar-refractivity contribution in [1.82, 2.24) is 9.88 Å². The molecule has 1 heterocycles. The summed E-state index contributed by atoms with van der Waals surface area (Å²) in [5, 5.41) is 11.6. The van der Waals surface area contributed by atoms with Gasteiger partial charge in [-0.15, -0.1) is 0 Å². The summed E-state index contributed by atoms with van der Waals surface area (Å²) in [6.45, 7) is 6.61. The largest absolute Gasteiger partial charge is 0.428 e. The molecule has 0 saturated carbocycles. The third-order valence-electron chi connectivity index (χ3n) is 2.93. The fraction of sp³-hybridized carbons (Fsp3) is 0.692. The Kier molecular flexibility index (Phi) is 6.35. The van der Waals surface area contributed by atoms with Gasteiger partial charge in [0.25, 0.3) is 0 Å². The number of anilines is 1. The lowest BCUT2D eigenvalue weighted by molar-refractivity contribution is 0.186. The molecular formula is C13H23N3O3. The Labute approximate surface area is 113 Å². The standard InChI is InChI=1S/C13H23N3O3/c1-4-5-6-7-16(8-9-17)13(18)15-12-14-10(2)11(3)19-12/h17H,4-9H2,1-3H3,(H,14,15,18). The van der Waals surface area contributed by atoms with Gasteiger partial charge in [-0.1, -0.05) is 19.8 Å². The molecule has 0 aliphatic rings. The van der Waals surface area contributed by atoms with Crippen LogP contribution in [0.5, 0.6) is 0 Å². The Balaban J connectivity index is 2.55. The summed E-state index contributed by atoms with van der Waals surface area (Å²) in [6, 6.07) is -0.0789. The van der Waals surface area contributed by atoms with Gasteiger partial charge in [0.1, 0.15) is 5.76 Å². The van der Waals surface area contributed by atoms with E-state index in [1.54, 1.807) is 11.8 Å². The molecule has 0 saturated heterocycles. The Morgan fingerprint density at radius 3 is 2.63 bits per heavy atom. The summed E-state index contributed by atoms with van der Waals surface area (Å²) in [5.74, 6) is 0.690. The van der Waals surface area contributed by atoms with Gasteiger partial charge >= 0.3 is 12.0 Å². The van der Waals surface area contributed by atoms with Gasteiger partial charge in [-0.3, -0.25) is 5.32 Å². The zero-order valence-electron chi connectivity index (χ0n) is 11.9. The lowest BCUT2D eigenvalue weighted by Crippen LogP contribution is -2.37. The minimum Gasteiger partial charge on any atom is -0.428 e. The second kappa shape index (κ2) is 7.78. The average Bonchev–Trinajstić information content (AvgIpc) is 2.67. The second-order valence-electron chi connectivity index (χ2n) is 4.51. The lowest BCUT2D eigenvalue weighted by atomic mass is 10.2. The van der Waals surface area contributed by atoms with Crippen LogP contribution >= 0.6 is 0 Å². The highest BCUT2D eigenvalue weighted by Crippen LogP contribution is 2.13. The van der Waals surface area contributed by atoms with Crippen molar-refractivity contribution in [1.29, 1.82) is 0 Å². The maximum atomic E-state index is 12.0. The minimum atomic E-state index is -0.286. The summed E-state index contributed by atoms with van der Waals surface area (Å²) < 4.78 is 5.31. The summed E-state index contributed by atoms with van der Waals surface area (Å²) >= 11 is 0. The number of rotatable bonds is 7. The monoisotopic (exact) mass is 269 g/mol. The summed E-state index contributed by atoms with van der Waals surface area (Å²) in [4.78, 5) is 17.7. The molecule has 6 nitrogen and oxygen atoms in total. The van der Waals surface area contributed by atoms with E-state index in [-0.39, 0.29) is 18.7 Å². The third kappa shape index (κ3) is 4.90. The van der Waals surface area contributed by atoms with Gasteiger partial charge in [-0.25, -0.2) is 4.79 Å². The molecule has 0 aliphatic heterocycles. The fourth-order valence-corrected chi connectivity index (χ4v) is 1.68. The molecule has 0 aliphatic carbocycles. The Bertz CT molecular complexity index is 384. The zero-order chi connectivity index (χ0) is 14.3. The first kappa shape index (κ1) is 15.5. The first-order valence-corrected chi connectivity index (χ1v) is 6.69. The molecule has 0 spiro atoms. The Morgan fingerprint density at radius 1 is 1.37 bits per heavy atom. The SMILES string of the molecule is CCCCCN(CCO)C(=O)Nc1nc(C)c(C)o1. The van der Waals surface area contributed by atoms with Crippen LogP contribution in [0.15, 0.2) is 4.42 Å². The number of hydrogen-bond acceptors (Lipinski definition) is 4. The van der Waals surface area contributed by atoms with Gasteiger partial charge in [-0.2, -0.15) is 4.98 Å². The third-order valence-corrected chi connectivity index (χ3v) is 2.93. The molecule has 2 N–H and O–H groups in total. The van der Waals surface area contributed by atoms with Gasteiger partial charge in [-0.05, 0) is 20.3 Å². The van der Waals surface area contributed by atoms with Crippen molar-refractivity contribution in [3.05, 3.63) is 11.5 Å². The number of aryl methyl sites for hydroxylation is 2. The van der Waals surface area contributed by atoms with E-state index in [0.717, 1.165) is 25.0 Å². The normalized spacial score (nSPS) is 10.5. The molecule has 0 atom stereocenters. The minimum absolute atomic E-state index is 0.0524. The molecule has 6 heteroatoms. The predicted octanol–water partition coefficient (Wildman–Crippen LogP) is 2.31. The van der Waals surface area contributed by atoms with E-state index >= 15 is 0 Å². The van der Waals surface area contributed by atoms with E-state index in [4.69, 9.17) is 9.52 Å². The summed E-state index contributed by atoms with van der Waals surface area (Å²) in [5.41, 5.74) is 0.759. The highest BCUT2D eigenvalue weighted by Gasteiger charge is 2.15. The van der Waals surface area contributed by atoms with Crippen LogP contribution in [0.4, 0.5) is 10.8 Å². The fourth-order valence-electron chi connectivity index (χ4n) is 1.68. The maximum absolute atomic E-state index is 12.0. The number of aliphatic hydroxyl groups excluding tert-OH is 1. The van der Waals surface area contributed by atoms with Gasteiger partial charge in [0.05, 0.1) is 12.3 Å². The van der Waals surface area contributed by atoms with Crippen LogP contribution in [-0.2, 0) is 0 Å². The van der Waals surface area contributed by atoms with Crippen LogP contribution < -0.4 is 5.32 Å². The second-order valence-corrected chi connectivity index (χ2v) is 4.51. The van der Waals surface area contributed by atoms with Crippen LogP contribution in [0.3, 0.4) is 0 Å². The molecule has 19 heavy (non-hydrogen) atoms. The molecular weight excluding hydrogens is 246 g/mol. The highest BCUT2D eigenvalue weighted by molar-refractivity contribution is 5.87. The van der Waals surface area contributed by atoms with Crippen molar-refractivity contribution in [3.8, 4) is 0 Å². The van der Waals surface area contributed by atoms with Gasteiger partial charge < -0.3 is 14.4 Å². The number of carbonyl (C=O) groups is 1. The van der Waals surface area contributed by atoms with Crippen LogP contribution in [0.1, 0.15) is 37.6 Å². The Hall–Kier alpha value is -1.56. The van der Waals surface area contributed by atoms with E-state index in [1.165, 1.54) is 0 Å². The van der Waals surface area contributed by atoms with E-state index in [2.05, 4.69) is 17.2 Å². The van der Waals surface area contributed by atoms with Crippen LogP contribution in [0.25, 0.3) is 0 Å². The van der Waals surface area contributed by atoms with Crippen molar-refractivity contribution in [2.24, 2.45) is 0 Å². The Morgan fingerprint density at radius 2 is 2.11 bits per heavy atom. The molecule has 0 bridgehead atoms. The van der Waals surface area contributed by atoms with Crippen molar-refractivity contribution in [2.75, 3.05) is 25.0 Å². The molecule has 0 unspecified atom stereocenters. The lowest BCUT2D eigenvalue weighted by Gasteiger charge is -2.21. The van der Waals surface area contributed by atoms with Gasteiger partial charge in [0, 0.05) is 13.1 Å². The number of aromatic nitrogens is 1. The van der Waals surface area contributed by atoms with E-state index in [0.29, 0.717) is 18.8 Å². The summed E-state index contributed by atoms with van der Waals surface area (Å²) in [7, 11) is 0. The van der Waals surface area contributed by atoms with Crippen molar-refractivity contribution in [2.45, 2.75) is 40.0 Å². The van der Waals surface area contributed by atoms with Crippen LogP contribution in [0, 0.1) is 13.8 Å². The number of carbonyl (C=O) groups excluding carboxylic acids is 1. The number of unbranched alkanes of at least 4 members (excludes halogenated alkanes) is 2. The van der Waals surface area contributed by atoms with Gasteiger partial charge in [0.2, 0.25) is 0 Å². The molecule has 108 valence electrons. The van der Waals surface area contributed by atoms with Crippen LogP contribution in [-0.4, -0.2) is 40.7 Å². The molecule has 0 fully saturated rings. The summed E-state index contributed by atoms with van der Waals surface area (Å²) in [6.07, 6.45) is 3.08. The smallest absolute Gasteiger partial charge is 0.325 e. The number of oxazole rings is 1. The maximum Gasteiger partial charge on any atom is 0.325 e. The van der Waals surface area contributed by atoms with Crippen molar-refractivity contribution in [3.63, 3.8) is 0 Å². The average molecular weight is 269 g/mol. The first-order valence-electron chi connectivity index (χ1n) is 6.69. The highest BCUT2D eigenvalue weighted by atomic mass is 16.4. The zero-order valence-corrected chi connectivity index (χ0v) is 11.9. The van der Waals surface area contributed by atoms with E-state index in [9.17, 15) is 4.79 Å². The number of amides is 2. The number of nitrogens with one attached hydrogen (secondary N) is 1. The number of nitrogens with zero attached hydrogens (tertiary/aromatic N) is 2. The molecule has 1 aromatic heterocycles. The van der Waals surface area contributed by atoms with E-state index in [1.807, 2.05) is 6.92 Å². The molecule has 0 radical (unpaired) electrons. The van der Waals surface area contributed by atoms with E-state index < -0.39 is 0 Å². The van der Waals surface area contributed by atoms with Crippen molar-refractivity contribution < 1.29 is 14.3 Å². The first-order chi connectivity index (χ1) is 9.08. The molecule has 1 rings (SSSR count). The number of aliphatic hydroxyl groups is 1. The molecule has 2 amide bonds. The molecule has 0 aromatic carbocycles. The van der Waals surface area contributed by atoms with Crippen LogP contribution in [0.2, 0.25) is 0 Å². The van der Waals surface area contributed by atoms with Crippen molar-refractivity contribution >= 4 is 12.0 Å². The predicted molar refractivity (Wildman–Crippen MR) is 73.2 cm³/mol. The topological polar surface area (TPSA) is 78.6 Å². The number of urea groups is 1.